The summed E-state index contributed by atoms with van der Waals surface area (Å²) in [5.41, 5.74) is -0.424. The first-order valence-corrected chi connectivity index (χ1v) is 4.40. The third-order valence-corrected chi connectivity index (χ3v) is 1.73. The SMILES string of the molecule is CC(C)(O)C(=O)NCc1cccnc1. The van der Waals surface area contributed by atoms with Crippen LogP contribution >= 0.6 is 0 Å². The normalized spacial score (nSPS) is 11.1. The molecular formula is C10H14N2O2. The zero-order chi connectivity index (χ0) is 10.6. The lowest BCUT2D eigenvalue weighted by molar-refractivity contribution is -0.136. The van der Waals surface area contributed by atoms with Crippen LogP contribution in [0.2, 0.25) is 0 Å². The fourth-order valence-corrected chi connectivity index (χ4v) is 0.901. The Hall–Kier alpha value is -1.42. The summed E-state index contributed by atoms with van der Waals surface area (Å²) >= 11 is 0. The van der Waals surface area contributed by atoms with Crippen LogP contribution in [-0.4, -0.2) is 21.6 Å². The summed E-state index contributed by atoms with van der Waals surface area (Å²) in [5.74, 6) is -0.388. The van der Waals surface area contributed by atoms with Crippen molar-refractivity contribution in [3.05, 3.63) is 30.1 Å². The summed E-state index contributed by atoms with van der Waals surface area (Å²) in [6.07, 6.45) is 3.34. The number of nitrogens with zero attached hydrogens (tertiary/aromatic N) is 1. The third kappa shape index (κ3) is 3.14. The second-order valence-corrected chi connectivity index (χ2v) is 3.60. The number of pyridine rings is 1. The molecule has 0 radical (unpaired) electrons. The molecule has 0 fully saturated rings. The van der Waals surface area contributed by atoms with Gasteiger partial charge >= 0.3 is 0 Å². The van der Waals surface area contributed by atoms with Gasteiger partial charge in [0.2, 0.25) is 0 Å². The Morgan fingerprint density at radius 3 is 2.86 bits per heavy atom. The number of carbonyl (C=O) groups is 1. The molecule has 0 aliphatic rings. The number of hydrogen-bond acceptors (Lipinski definition) is 3. The van der Waals surface area contributed by atoms with Gasteiger partial charge in [0.1, 0.15) is 5.60 Å². The number of aliphatic hydroxyl groups is 1. The highest BCUT2D eigenvalue weighted by Crippen LogP contribution is 2.01. The molecule has 1 aromatic rings. The average molecular weight is 194 g/mol. The van der Waals surface area contributed by atoms with Gasteiger partial charge in [0.25, 0.3) is 5.91 Å². The highest BCUT2D eigenvalue weighted by molar-refractivity contribution is 5.83. The van der Waals surface area contributed by atoms with Crippen molar-refractivity contribution in [1.82, 2.24) is 10.3 Å². The van der Waals surface area contributed by atoms with E-state index in [-0.39, 0.29) is 5.91 Å². The van der Waals surface area contributed by atoms with Gasteiger partial charge in [-0.2, -0.15) is 0 Å². The van der Waals surface area contributed by atoms with E-state index in [0.29, 0.717) is 6.54 Å². The topological polar surface area (TPSA) is 62.2 Å². The van der Waals surface area contributed by atoms with Gasteiger partial charge in [-0.3, -0.25) is 9.78 Å². The second-order valence-electron chi connectivity index (χ2n) is 3.60. The maximum atomic E-state index is 11.3. The molecule has 0 aromatic carbocycles. The van der Waals surface area contributed by atoms with Crippen molar-refractivity contribution in [2.45, 2.75) is 26.0 Å². The number of carbonyl (C=O) groups excluding carboxylic acids is 1. The van der Waals surface area contributed by atoms with Crippen LogP contribution in [0.1, 0.15) is 19.4 Å². The first-order valence-electron chi connectivity index (χ1n) is 4.40. The van der Waals surface area contributed by atoms with Crippen molar-refractivity contribution in [3.63, 3.8) is 0 Å². The van der Waals surface area contributed by atoms with Gasteiger partial charge in [0.15, 0.2) is 0 Å². The van der Waals surface area contributed by atoms with Gasteiger partial charge in [-0.25, -0.2) is 0 Å². The van der Waals surface area contributed by atoms with Crippen LogP contribution in [0.5, 0.6) is 0 Å². The number of aromatic nitrogens is 1. The van der Waals surface area contributed by atoms with Crippen molar-refractivity contribution in [3.8, 4) is 0 Å². The summed E-state index contributed by atoms with van der Waals surface area (Å²) in [6.45, 7) is 3.29. The van der Waals surface area contributed by atoms with E-state index in [0.717, 1.165) is 5.56 Å². The average Bonchev–Trinajstić information content (AvgIpc) is 2.14. The molecule has 0 saturated carbocycles. The first kappa shape index (κ1) is 10.7. The van der Waals surface area contributed by atoms with Crippen molar-refractivity contribution >= 4 is 5.91 Å². The molecular weight excluding hydrogens is 180 g/mol. The summed E-state index contributed by atoms with van der Waals surface area (Å²) < 4.78 is 0. The van der Waals surface area contributed by atoms with E-state index in [4.69, 9.17) is 0 Å². The zero-order valence-corrected chi connectivity index (χ0v) is 8.32. The molecule has 4 heteroatoms. The fourth-order valence-electron chi connectivity index (χ4n) is 0.901. The van der Waals surface area contributed by atoms with Gasteiger partial charge in [-0.05, 0) is 25.5 Å². The molecule has 1 heterocycles. The molecule has 1 rings (SSSR count). The molecule has 0 aliphatic heterocycles. The number of nitrogens with one attached hydrogen (secondary N) is 1. The van der Waals surface area contributed by atoms with Crippen molar-refractivity contribution < 1.29 is 9.90 Å². The second kappa shape index (κ2) is 4.19. The Kier molecular flexibility index (Phi) is 3.19. The predicted molar refractivity (Wildman–Crippen MR) is 52.4 cm³/mol. The minimum Gasteiger partial charge on any atom is -0.381 e. The van der Waals surface area contributed by atoms with E-state index < -0.39 is 5.60 Å². The van der Waals surface area contributed by atoms with Gasteiger partial charge in [-0.15, -0.1) is 0 Å². The van der Waals surface area contributed by atoms with Crippen LogP contribution in [0.3, 0.4) is 0 Å². The Morgan fingerprint density at radius 1 is 1.64 bits per heavy atom. The Labute approximate surface area is 83.0 Å². The van der Waals surface area contributed by atoms with Crippen LogP contribution in [-0.2, 0) is 11.3 Å². The van der Waals surface area contributed by atoms with Gasteiger partial charge in [0.05, 0.1) is 0 Å². The van der Waals surface area contributed by atoms with E-state index in [9.17, 15) is 9.90 Å². The van der Waals surface area contributed by atoms with Crippen molar-refractivity contribution in [2.75, 3.05) is 0 Å². The fraction of sp³-hybridized carbons (Fsp3) is 0.400. The lowest BCUT2D eigenvalue weighted by Gasteiger charge is -2.16. The first-order chi connectivity index (χ1) is 6.50. The summed E-state index contributed by atoms with van der Waals surface area (Å²) in [7, 11) is 0. The van der Waals surface area contributed by atoms with Crippen molar-refractivity contribution in [2.24, 2.45) is 0 Å². The molecule has 4 nitrogen and oxygen atoms in total. The van der Waals surface area contributed by atoms with Crippen LogP contribution in [0.25, 0.3) is 0 Å². The molecule has 76 valence electrons. The van der Waals surface area contributed by atoms with Gasteiger partial charge in [0, 0.05) is 18.9 Å². The summed E-state index contributed by atoms with van der Waals surface area (Å²) in [4.78, 5) is 15.2. The maximum absolute atomic E-state index is 11.3. The lowest BCUT2D eigenvalue weighted by Crippen LogP contribution is -2.41. The molecule has 0 saturated heterocycles. The number of rotatable bonds is 3. The van der Waals surface area contributed by atoms with E-state index in [1.54, 1.807) is 18.5 Å². The zero-order valence-electron chi connectivity index (χ0n) is 8.32. The van der Waals surface area contributed by atoms with Crippen LogP contribution in [0.4, 0.5) is 0 Å². The Balaban J connectivity index is 2.46. The predicted octanol–water partition coefficient (Wildman–Crippen LogP) is 0.469. The molecule has 0 spiro atoms. The summed E-state index contributed by atoms with van der Waals surface area (Å²) in [6, 6.07) is 3.66. The van der Waals surface area contributed by atoms with Crippen LogP contribution < -0.4 is 5.32 Å². The largest absolute Gasteiger partial charge is 0.381 e. The van der Waals surface area contributed by atoms with Gasteiger partial charge in [-0.1, -0.05) is 6.07 Å². The minimum atomic E-state index is -1.33. The van der Waals surface area contributed by atoms with Crippen LogP contribution in [0, 0.1) is 0 Å². The third-order valence-electron chi connectivity index (χ3n) is 1.73. The van der Waals surface area contributed by atoms with E-state index >= 15 is 0 Å². The molecule has 1 amide bonds. The van der Waals surface area contributed by atoms with E-state index in [2.05, 4.69) is 10.3 Å². The van der Waals surface area contributed by atoms with Crippen LogP contribution in [0.15, 0.2) is 24.5 Å². The molecule has 1 aromatic heterocycles. The quantitative estimate of drug-likeness (QED) is 0.735. The smallest absolute Gasteiger partial charge is 0.251 e. The Morgan fingerprint density at radius 2 is 2.36 bits per heavy atom. The number of hydrogen-bond donors (Lipinski definition) is 2. The van der Waals surface area contributed by atoms with E-state index in [1.807, 2.05) is 6.07 Å². The lowest BCUT2D eigenvalue weighted by atomic mass is 10.1. The highest BCUT2D eigenvalue weighted by atomic mass is 16.3. The van der Waals surface area contributed by atoms with E-state index in [1.165, 1.54) is 13.8 Å². The Bertz CT molecular complexity index is 304. The number of amides is 1. The molecule has 0 atom stereocenters. The molecule has 0 unspecified atom stereocenters. The summed E-state index contributed by atoms with van der Waals surface area (Å²) in [5, 5.41) is 11.9. The highest BCUT2D eigenvalue weighted by Gasteiger charge is 2.22. The van der Waals surface area contributed by atoms with Crippen molar-refractivity contribution in [1.29, 1.82) is 0 Å². The molecule has 0 aliphatic carbocycles. The standard InChI is InChI=1S/C10H14N2O2/c1-10(2,14)9(13)12-7-8-4-3-5-11-6-8/h3-6,14H,7H2,1-2H3,(H,12,13). The molecule has 2 N–H and O–H groups in total. The van der Waals surface area contributed by atoms with Gasteiger partial charge < -0.3 is 10.4 Å². The monoisotopic (exact) mass is 194 g/mol. The maximum Gasteiger partial charge on any atom is 0.251 e. The molecule has 0 bridgehead atoms. The minimum absolute atomic E-state index is 0.386. The molecule has 14 heavy (non-hydrogen) atoms.